The lowest BCUT2D eigenvalue weighted by Gasteiger charge is -2.42. The lowest BCUT2D eigenvalue weighted by Crippen LogP contribution is -2.55. The number of nitrogens with zero attached hydrogens (tertiary/aromatic N) is 8. The minimum absolute atomic E-state index is 0.0551. The lowest BCUT2D eigenvalue weighted by molar-refractivity contribution is -0.128. The molecule has 0 bridgehead atoms. The smallest absolute Gasteiger partial charge is 0.318 e. The van der Waals surface area contributed by atoms with E-state index in [9.17, 15) is 10.1 Å². The molecule has 47 heavy (non-hydrogen) atoms. The predicted octanol–water partition coefficient (Wildman–Crippen LogP) is 4.51. The molecule has 4 heterocycles. The average Bonchev–Trinajstić information content (AvgIpc) is 3.91. The van der Waals surface area contributed by atoms with Crippen molar-refractivity contribution in [1.29, 1.82) is 5.26 Å². The van der Waals surface area contributed by atoms with Crippen molar-refractivity contribution in [1.82, 2.24) is 24.7 Å². The summed E-state index contributed by atoms with van der Waals surface area (Å²) in [6.07, 6.45) is 4.59. The topological polar surface area (TPSA) is 92.1 Å². The molecule has 246 valence electrons. The van der Waals surface area contributed by atoms with Gasteiger partial charge in [-0.2, -0.15) is 15.2 Å². The molecule has 0 unspecified atom stereocenters. The van der Waals surface area contributed by atoms with Gasteiger partial charge in [0.25, 0.3) is 0 Å². The normalized spacial score (nSPS) is 21.3. The quantitative estimate of drug-likeness (QED) is 0.309. The third-order valence-corrected chi connectivity index (χ3v) is 10.9. The first-order chi connectivity index (χ1) is 22.9. The molecular formula is C36H43ClN8O2. The second kappa shape index (κ2) is 13.3. The van der Waals surface area contributed by atoms with Crippen LogP contribution in [0.15, 0.2) is 49.1 Å². The minimum Gasteiger partial charge on any atom is -0.461 e. The van der Waals surface area contributed by atoms with E-state index in [0.717, 1.165) is 97.1 Å². The Kier molecular flexibility index (Phi) is 8.97. The second-order valence-corrected chi connectivity index (χ2v) is 13.6. The van der Waals surface area contributed by atoms with Gasteiger partial charge in [-0.3, -0.25) is 9.69 Å². The molecule has 3 aliphatic heterocycles. The molecule has 11 heteroatoms. The van der Waals surface area contributed by atoms with Gasteiger partial charge in [0.1, 0.15) is 12.4 Å². The van der Waals surface area contributed by atoms with Gasteiger partial charge in [-0.05, 0) is 49.4 Å². The molecule has 4 aliphatic rings. The Labute approximate surface area is 282 Å². The summed E-state index contributed by atoms with van der Waals surface area (Å²) >= 11 is 6.74. The highest BCUT2D eigenvalue weighted by Crippen LogP contribution is 2.43. The van der Waals surface area contributed by atoms with Crippen molar-refractivity contribution in [3.63, 3.8) is 0 Å². The number of rotatable bonds is 9. The standard InChI is InChI=1S/C36H43ClN8O2/c1-3-32(46)45-22-19-43(23-27(45)11-15-38)34-28-12-16-42(31-10-6-8-26-7-5-9-29(37)33(26)31)24-30(28)39-35(40-34)47-25-36(13-14-36)44-20-17-41(4-2)18-21-44/h3,5-10,27H,1,4,11-14,16-25H2,2H3/t27-/m0/s1. The van der Waals surface area contributed by atoms with E-state index in [4.69, 9.17) is 26.3 Å². The Balaban J connectivity index is 1.19. The highest BCUT2D eigenvalue weighted by molar-refractivity contribution is 6.36. The van der Waals surface area contributed by atoms with E-state index >= 15 is 0 Å². The Morgan fingerprint density at radius 3 is 2.60 bits per heavy atom. The van der Waals surface area contributed by atoms with Crippen LogP contribution in [0.25, 0.3) is 10.8 Å². The van der Waals surface area contributed by atoms with Gasteiger partial charge in [0, 0.05) is 69.0 Å². The van der Waals surface area contributed by atoms with Crippen LogP contribution >= 0.6 is 11.6 Å². The number of amides is 1. The molecule has 1 amide bonds. The van der Waals surface area contributed by atoms with Crippen molar-refractivity contribution in [3.05, 3.63) is 65.3 Å². The van der Waals surface area contributed by atoms with Crippen molar-refractivity contribution >= 4 is 39.8 Å². The summed E-state index contributed by atoms with van der Waals surface area (Å²) in [6, 6.07) is 14.8. The molecule has 2 saturated heterocycles. The van der Waals surface area contributed by atoms with E-state index in [0.29, 0.717) is 38.8 Å². The number of halogens is 1. The third-order valence-electron chi connectivity index (χ3n) is 10.5. The van der Waals surface area contributed by atoms with E-state index in [1.807, 2.05) is 12.1 Å². The summed E-state index contributed by atoms with van der Waals surface area (Å²) in [5.41, 5.74) is 3.20. The Bertz CT molecular complexity index is 1690. The van der Waals surface area contributed by atoms with Gasteiger partial charge in [-0.25, -0.2) is 0 Å². The fraction of sp³-hybridized carbons (Fsp3) is 0.500. The van der Waals surface area contributed by atoms with Crippen molar-refractivity contribution in [3.8, 4) is 12.1 Å². The monoisotopic (exact) mass is 654 g/mol. The number of likely N-dealkylation sites (N-methyl/N-ethyl adjacent to an activating group) is 1. The van der Waals surface area contributed by atoms with Gasteiger partial charge in [0.05, 0.1) is 41.3 Å². The van der Waals surface area contributed by atoms with Crippen LogP contribution in [0.2, 0.25) is 5.02 Å². The highest BCUT2D eigenvalue weighted by Gasteiger charge is 2.49. The van der Waals surface area contributed by atoms with Gasteiger partial charge >= 0.3 is 6.01 Å². The molecule has 3 fully saturated rings. The summed E-state index contributed by atoms with van der Waals surface area (Å²) in [4.78, 5) is 34.2. The van der Waals surface area contributed by atoms with Crippen molar-refractivity contribution < 1.29 is 9.53 Å². The van der Waals surface area contributed by atoms with Gasteiger partial charge in [0.15, 0.2) is 0 Å². The molecule has 0 spiro atoms. The SMILES string of the molecule is C=CC(=O)N1CCN(c2nc(OCC3(N4CCN(CC)CC4)CC3)nc3c2CCN(c2cccc4cccc(Cl)c24)C3)C[C@@H]1CC#N. The van der Waals surface area contributed by atoms with E-state index in [-0.39, 0.29) is 23.9 Å². The third kappa shape index (κ3) is 6.24. The van der Waals surface area contributed by atoms with Crippen LogP contribution < -0.4 is 14.5 Å². The first kappa shape index (κ1) is 31.7. The first-order valence-electron chi connectivity index (χ1n) is 16.9. The maximum absolute atomic E-state index is 12.6. The van der Waals surface area contributed by atoms with Crippen LogP contribution in [0.3, 0.4) is 0 Å². The van der Waals surface area contributed by atoms with Gasteiger partial charge in [-0.1, -0.05) is 49.4 Å². The van der Waals surface area contributed by atoms with E-state index in [2.05, 4.69) is 63.4 Å². The van der Waals surface area contributed by atoms with Crippen molar-refractivity contribution in [2.24, 2.45) is 0 Å². The number of hydrogen-bond acceptors (Lipinski definition) is 9. The molecule has 2 aromatic carbocycles. The number of hydrogen-bond donors (Lipinski definition) is 0. The van der Waals surface area contributed by atoms with E-state index in [1.165, 1.54) is 6.08 Å². The molecular weight excluding hydrogens is 612 g/mol. The zero-order chi connectivity index (χ0) is 32.5. The van der Waals surface area contributed by atoms with Crippen LogP contribution in [0.5, 0.6) is 6.01 Å². The molecule has 0 N–H and O–H groups in total. The Hall–Kier alpha value is -3.91. The summed E-state index contributed by atoms with van der Waals surface area (Å²) < 4.78 is 6.54. The molecule has 10 nitrogen and oxygen atoms in total. The van der Waals surface area contributed by atoms with Crippen LogP contribution in [0.4, 0.5) is 11.5 Å². The van der Waals surface area contributed by atoms with Gasteiger partial charge < -0.3 is 24.3 Å². The maximum Gasteiger partial charge on any atom is 0.318 e. The first-order valence-corrected chi connectivity index (χ1v) is 17.3. The summed E-state index contributed by atoms with van der Waals surface area (Å²) in [6.45, 7) is 14.9. The van der Waals surface area contributed by atoms with E-state index < -0.39 is 0 Å². The van der Waals surface area contributed by atoms with Gasteiger partial charge in [0.2, 0.25) is 5.91 Å². The number of anilines is 2. The van der Waals surface area contributed by atoms with Crippen LogP contribution in [0.1, 0.15) is 37.4 Å². The molecule has 1 aromatic heterocycles. The summed E-state index contributed by atoms with van der Waals surface area (Å²) in [5, 5.41) is 12.5. The number of aromatic nitrogens is 2. The number of piperazine rings is 2. The zero-order valence-electron chi connectivity index (χ0n) is 27.2. The second-order valence-electron chi connectivity index (χ2n) is 13.2. The molecule has 1 saturated carbocycles. The van der Waals surface area contributed by atoms with E-state index in [1.54, 1.807) is 4.90 Å². The summed E-state index contributed by atoms with van der Waals surface area (Å²) in [7, 11) is 0. The Morgan fingerprint density at radius 2 is 1.87 bits per heavy atom. The van der Waals surface area contributed by atoms with Gasteiger partial charge in [-0.15, -0.1) is 0 Å². The average molecular weight is 655 g/mol. The maximum atomic E-state index is 12.6. The minimum atomic E-state index is -0.247. The van der Waals surface area contributed by atoms with Crippen LogP contribution in [0, 0.1) is 11.3 Å². The van der Waals surface area contributed by atoms with Crippen LogP contribution in [-0.4, -0.2) is 108 Å². The number of carbonyl (C=O) groups excluding carboxylic acids is 1. The fourth-order valence-corrected chi connectivity index (χ4v) is 7.91. The summed E-state index contributed by atoms with van der Waals surface area (Å²) in [5.74, 6) is 0.716. The number of nitriles is 1. The van der Waals surface area contributed by atoms with Crippen LogP contribution in [-0.2, 0) is 17.8 Å². The van der Waals surface area contributed by atoms with Crippen molar-refractivity contribution in [2.45, 2.75) is 50.7 Å². The molecule has 1 aliphatic carbocycles. The number of fused-ring (bicyclic) bond motifs is 2. The number of benzene rings is 2. The Morgan fingerprint density at radius 1 is 1.09 bits per heavy atom. The fourth-order valence-electron chi connectivity index (χ4n) is 7.63. The lowest BCUT2D eigenvalue weighted by atomic mass is 10.0. The van der Waals surface area contributed by atoms with Crippen molar-refractivity contribution in [2.75, 3.05) is 75.3 Å². The highest BCUT2D eigenvalue weighted by atomic mass is 35.5. The molecule has 0 radical (unpaired) electrons. The zero-order valence-corrected chi connectivity index (χ0v) is 28.0. The predicted molar refractivity (Wildman–Crippen MR) is 185 cm³/mol. The molecule has 3 aromatic rings. The molecule has 1 atom stereocenters. The largest absolute Gasteiger partial charge is 0.461 e. The number of ether oxygens (including phenoxy) is 1. The molecule has 7 rings (SSSR count). The number of carbonyl (C=O) groups is 1.